The minimum absolute atomic E-state index is 0.0464. The van der Waals surface area contributed by atoms with Crippen molar-refractivity contribution in [1.29, 1.82) is 0 Å². The highest BCUT2D eigenvalue weighted by molar-refractivity contribution is 5.96. The highest BCUT2D eigenvalue weighted by atomic mass is 16.5. The third-order valence-corrected chi connectivity index (χ3v) is 4.82. The zero-order valence-corrected chi connectivity index (χ0v) is 15.0. The standard InChI is InChI=1S/C19H25N3O3/c1-12-18(20-17(23)10-13-6-4-5-7-13)19(22-21-12)15-9-8-14(24-2)11-16(15)25-3/h8-9,11,13H,4-7,10H2,1-3H3,(H,20,23)(H,21,22). The van der Waals surface area contributed by atoms with Gasteiger partial charge in [0, 0.05) is 18.1 Å². The normalized spacial score (nSPS) is 14.5. The molecular formula is C19H25N3O3. The van der Waals surface area contributed by atoms with E-state index in [2.05, 4.69) is 15.5 Å². The van der Waals surface area contributed by atoms with E-state index in [1.54, 1.807) is 14.2 Å². The van der Waals surface area contributed by atoms with E-state index in [1.165, 1.54) is 12.8 Å². The van der Waals surface area contributed by atoms with Crippen molar-refractivity contribution in [2.75, 3.05) is 19.5 Å². The molecule has 1 aromatic heterocycles. The second-order valence-corrected chi connectivity index (χ2v) is 6.54. The van der Waals surface area contributed by atoms with E-state index in [-0.39, 0.29) is 5.91 Å². The maximum atomic E-state index is 12.5. The third-order valence-electron chi connectivity index (χ3n) is 4.82. The van der Waals surface area contributed by atoms with Crippen LogP contribution < -0.4 is 14.8 Å². The molecule has 6 heteroatoms. The van der Waals surface area contributed by atoms with Crippen LogP contribution in [-0.2, 0) is 4.79 Å². The predicted octanol–water partition coefficient (Wildman–Crippen LogP) is 3.92. The number of methoxy groups -OCH3 is 2. The first kappa shape index (κ1) is 17.3. The number of anilines is 1. The van der Waals surface area contributed by atoms with Crippen LogP contribution >= 0.6 is 0 Å². The summed E-state index contributed by atoms with van der Waals surface area (Å²) in [5.41, 5.74) is 3.03. The van der Waals surface area contributed by atoms with Crippen LogP contribution in [0.2, 0.25) is 0 Å². The Morgan fingerprint density at radius 1 is 1.28 bits per heavy atom. The number of aryl methyl sites for hydroxylation is 1. The first-order valence-electron chi connectivity index (χ1n) is 8.69. The Balaban J connectivity index is 1.85. The summed E-state index contributed by atoms with van der Waals surface area (Å²) in [7, 11) is 3.22. The zero-order chi connectivity index (χ0) is 17.8. The van der Waals surface area contributed by atoms with E-state index < -0.39 is 0 Å². The van der Waals surface area contributed by atoms with Gasteiger partial charge >= 0.3 is 0 Å². The van der Waals surface area contributed by atoms with E-state index in [1.807, 2.05) is 25.1 Å². The number of aromatic nitrogens is 2. The van der Waals surface area contributed by atoms with E-state index in [4.69, 9.17) is 9.47 Å². The number of hydrogen-bond acceptors (Lipinski definition) is 4. The van der Waals surface area contributed by atoms with Gasteiger partial charge in [-0.2, -0.15) is 5.10 Å². The quantitative estimate of drug-likeness (QED) is 0.833. The lowest BCUT2D eigenvalue weighted by Gasteiger charge is -2.12. The molecule has 1 aliphatic carbocycles. The fourth-order valence-corrected chi connectivity index (χ4v) is 3.44. The summed E-state index contributed by atoms with van der Waals surface area (Å²) in [5.74, 6) is 1.91. The average Bonchev–Trinajstić information content (AvgIpc) is 3.25. The molecule has 6 nitrogen and oxygen atoms in total. The Morgan fingerprint density at radius 3 is 2.72 bits per heavy atom. The van der Waals surface area contributed by atoms with Crippen molar-refractivity contribution in [3.63, 3.8) is 0 Å². The Labute approximate surface area is 147 Å². The van der Waals surface area contributed by atoms with Crippen molar-refractivity contribution in [3.8, 4) is 22.8 Å². The van der Waals surface area contributed by atoms with Crippen molar-refractivity contribution in [1.82, 2.24) is 10.2 Å². The number of rotatable bonds is 6. The molecule has 0 radical (unpaired) electrons. The Kier molecular flexibility index (Phi) is 5.26. The van der Waals surface area contributed by atoms with Crippen LogP contribution in [0.4, 0.5) is 5.69 Å². The molecular weight excluding hydrogens is 318 g/mol. The van der Waals surface area contributed by atoms with Gasteiger partial charge in [-0.25, -0.2) is 0 Å². The number of carbonyl (C=O) groups is 1. The summed E-state index contributed by atoms with van der Waals surface area (Å²) in [6, 6.07) is 5.55. The lowest BCUT2D eigenvalue weighted by molar-refractivity contribution is -0.117. The molecule has 1 fully saturated rings. The number of H-pyrrole nitrogens is 1. The number of ether oxygens (including phenoxy) is 2. The average molecular weight is 343 g/mol. The summed E-state index contributed by atoms with van der Waals surface area (Å²) in [4.78, 5) is 12.5. The van der Waals surface area contributed by atoms with Crippen molar-refractivity contribution in [3.05, 3.63) is 23.9 Å². The monoisotopic (exact) mass is 343 g/mol. The largest absolute Gasteiger partial charge is 0.497 e. The maximum Gasteiger partial charge on any atom is 0.224 e. The van der Waals surface area contributed by atoms with E-state index in [0.717, 1.165) is 24.1 Å². The molecule has 0 saturated heterocycles. The number of nitrogens with one attached hydrogen (secondary N) is 2. The highest BCUT2D eigenvalue weighted by Gasteiger charge is 2.22. The van der Waals surface area contributed by atoms with Gasteiger partial charge in [0.1, 0.15) is 17.2 Å². The molecule has 1 saturated carbocycles. The van der Waals surface area contributed by atoms with Crippen LogP contribution in [0, 0.1) is 12.8 Å². The number of nitrogens with zero attached hydrogens (tertiary/aromatic N) is 1. The van der Waals surface area contributed by atoms with E-state index >= 15 is 0 Å². The van der Waals surface area contributed by atoms with Gasteiger partial charge in [0.15, 0.2) is 0 Å². The van der Waals surface area contributed by atoms with Crippen LogP contribution in [0.1, 0.15) is 37.8 Å². The molecule has 0 atom stereocenters. The molecule has 1 heterocycles. The maximum absolute atomic E-state index is 12.5. The first-order valence-corrected chi connectivity index (χ1v) is 8.69. The molecule has 1 aliphatic rings. The minimum Gasteiger partial charge on any atom is -0.497 e. The highest BCUT2D eigenvalue weighted by Crippen LogP contribution is 2.37. The van der Waals surface area contributed by atoms with Gasteiger partial charge in [-0.1, -0.05) is 12.8 Å². The molecule has 3 rings (SSSR count). The second kappa shape index (κ2) is 7.59. The van der Waals surface area contributed by atoms with Gasteiger partial charge in [0.05, 0.1) is 25.6 Å². The molecule has 0 aliphatic heterocycles. The topological polar surface area (TPSA) is 76.2 Å². The summed E-state index contributed by atoms with van der Waals surface area (Å²) in [6.45, 7) is 1.90. The van der Waals surface area contributed by atoms with Crippen molar-refractivity contribution < 1.29 is 14.3 Å². The Bertz CT molecular complexity index is 748. The summed E-state index contributed by atoms with van der Waals surface area (Å²) < 4.78 is 10.7. The molecule has 1 aromatic carbocycles. The van der Waals surface area contributed by atoms with Crippen LogP contribution in [0.5, 0.6) is 11.5 Å². The molecule has 2 aromatic rings. The number of amides is 1. The number of aromatic amines is 1. The molecule has 25 heavy (non-hydrogen) atoms. The van der Waals surface area contributed by atoms with Crippen molar-refractivity contribution >= 4 is 11.6 Å². The van der Waals surface area contributed by atoms with Gasteiger partial charge in [-0.05, 0) is 37.8 Å². The Hall–Kier alpha value is -2.50. The van der Waals surface area contributed by atoms with Crippen molar-refractivity contribution in [2.24, 2.45) is 5.92 Å². The lowest BCUT2D eigenvalue weighted by atomic mass is 10.0. The van der Waals surface area contributed by atoms with Crippen molar-refractivity contribution in [2.45, 2.75) is 39.0 Å². The van der Waals surface area contributed by atoms with Crippen LogP contribution in [-0.4, -0.2) is 30.3 Å². The van der Waals surface area contributed by atoms with Gasteiger partial charge in [-0.3, -0.25) is 9.89 Å². The lowest BCUT2D eigenvalue weighted by Crippen LogP contribution is -2.16. The van der Waals surface area contributed by atoms with Crippen LogP contribution in [0.3, 0.4) is 0 Å². The summed E-state index contributed by atoms with van der Waals surface area (Å²) in [5, 5.41) is 10.4. The van der Waals surface area contributed by atoms with E-state index in [0.29, 0.717) is 35.2 Å². The molecule has 134 valence electrons. The Morgan fingerprint density at radius 2 is 2.04 bits per heavy atom. The second-order valence-electron chi connectivity index (χ2n) is 6.54. The van der Waals surface area contributed by atoms with Gasteiger partial charge in [0.2, 0.25) is 5.91 Å². The van der Waals surface area contributed by atoms with Gasteiger partial charge < -0.3 is 14.8 Å². The molecule has 1 amide bonds. The van der Waals surface area contributed by atoms with Gasteiger partial charge in [-0.15, -0.1) is 0 Å². The summed E-state index contributed by atoms with van der Waals surface area (Å²) in [6.07, 6.45) is 5.34. The molecule has 0 spiro atoms. The molecule has 0 unspecified atom stereocenters. The van der Waals surface area contributed by atoms with Crippen LogP contribution in [0.15, 0.2) is 18.2 Å². The minimum atomic E-state index is 0.0464. The van der Waals surface area contributed by atoms with E-state index in [9.17, 15) is 4.79 Å². The predicted molar refractivity (Wildman–Crippen MR) is 97.1 cm³/mol. The number of carbonyl (C=O) groups excluding carboxylic acids is 1. The third kappa shape index (κ3) is 3.78. The fourth-order valence-electron chi connectivity index (χ4n) is 3.44. The molecule has 2 N–H and O–H groups in total. The SMILES string of the molecule is COc1ccc(-c2n[nH]c(C)c2NC(=O)CC2CCCC2)c(OC)c1. The summed E-state index contributed by atoms with van der Waals surface area (Å²) >= 11 is 0. The first-order chi connectivity index (χ1) is 12.1. The van der Waals surface area contributed by atoms with Gasteiger partial charge in [0.25, 0.3) is 0 Å². The smallest absolute Gasteiger partial charge is 0.224 e. The number of hydrogen-bond donors (Lipinski definition) is 2. The zero-order valence-electron chi connectivity index (χ0n) is 15.0. The fraction of sp³-hybridized carbons (Fsp3) is 0.474. The van der Waals surface area contributed by atoms with Crippen LogP contribution in [0.25, 0.3) is 11.3 Å². The molecule has 0 bridgehead atoms. The number of benzene rings is 1.